The number of aromatic nitrogens is 3. The van der Waals surface area contributed by atoms with Crippen LogP contribution in [0.5, 0.6) is 0 Å². The predicted octanol–water partition coefficient (Wildman–Crippen LogP) is 2.05. The van der Waals surface area contributed by atoms with Gasteiger partial charge in [0.15, 0.2) is 0 Å². The number of carbonyl (C=O) groups excluding carboxylic acids is 1. The highest BCUT2D eigenvalue weighted by Gasteiger charge is 2.44. The van der Waals surface area contributed by atoms with Crippen LogP contribution in [0.4, 0.5) is 0 Å². The molecule has 3 aromatic rings. The molecule has 2 bridgehead atoms. The van der Waals surface area contributed by atoms with E-state index in [1.54, 1.807) is 10.6 Å². The number of piperidine rings is 1. The maximum absolute atomic E-state index is 13.5. The molecule has 0 N–H and O–H groups in total. The molecule has 6 heterocycles. The number of nitrogens with zero attached hydrogens (tertiary/aromatic N) is 5. The number of carbonyl (C=O) groups is 1. The zero-order valence-corrected chi connectivity index (χ0v) is 17.3. The standard InChI is InChI=1S/C24H25N5O2/c30-22-8-5-6-20-17-12-18(23(29(20)22)24(31)27-9-3-4-10-27)14-26(13-17)15-19-16-28-11-2-1-7-21(28)25-19/h1-8,11,16-18,23H,9-10,12-15H2/t17-,18+,23-/m1/s1. The fourth-order valence-electron chi connectivity index (χ4n) is 5.61. The molecule has 7 nitrogen and oxygen atoms in total. The number of likely N-dealkylation sites (tertiary alicyclic amines) is 1. The number of imidazole rings is 1. The lowest BCUT2D eigenvalue weighted by Crippen LogP contribution is -2.53. The van der Waals surface area contributed by atoms with Gasteiger partial charge >= 0.3 is 0 Å². The van der Waals surface area contributed by atoms with Crippen molar-refractivity contribution < 1.29 is 4.79 Å². The Balaban J connectivity index is 1.33. The van der Waals surface area contributed by atoms with Gasteiger partial charge in [-0.1, -0.05) is 24.3 Å². The number of fused-ring (bicyclic) bond motifs is 5. The molecule has 1 fully saturated rings. The number of amides is 1. The summed E-state index contributed by atoms with van der Waals surface area (Å²) in [5.41, 5.74) is 2.91. The van der Waals surface area contributed by atoms with Gasteiger partial charge in [0.25, 0.3) is 5.56 Å². The highest BCUT2D eigenvalue weighted by atomic mass is 16.2. The Kier molecular flexibility index (Phi) is 4.31. The van der Waals surface area contributed by atoms with Crippen LogP contribution in [-0.2, 0) is 11.3 Å². The van der Waals surface area contributed by atoms with Gasteiger partial charge in [0.1, 0.15) is 11.7 Å². The summed E-state index contributed by atoms with van der Waals surface area (Å²) in [7, 11) is 0. The fourth-order valence-corrected chi connectivity index (χ4v) is 5.61. The first-order chi connectivity index (χ1) is 15.2. The van der Waals surface area contributed by atoms with Crippen molar-refractivity contribution in [2.75, 3.05) is 26.2 Å². The van der Waals surface area contributed by atoms with Gasteiger partial charge in [0.05, 0.1) is 5.69 Å². The highest BCUT2D eigenvalue weighted by Crippen LogP contribution is 2.42. The Bertz CT molecular complexity index is 1200. The molecule has 3 aliphatic heterocycles. The van der Waals surface area contributed by atoms with E-state index in [0.29, 0.717) is 13.1 Å². The number of pyridine rings is 2. The average molecular weight is 415 g/mol. The number of rotatable bonds is 3. The minimum Gasteiger partial charge on any atom is -0.333 e. The van der Waals surface area contributed by atoms with Crippen molar-refractivity contribution in [2.45, 2.75) is 24.9 Å². The summed E-state index contributed by atoms with van der Waals surface area (Å²) >= 11 is 0. The summed E-state index contributed by atoms with van der Waals surface area (Å²) in [5, 5.41) is 0. The molecular formula is C24H25N5O2. The first kappa shape index (κ1) is 18.6. The highest BCUT2D eigenvalue weighted by molar-refractivity contribution is 5.82. The van der Waals surface area contributed by atoms with Crippen LogP contribution in [-0.4, -0.2) is 55.8 Å². The van der Waals surface area contributed by atoms with Crippen molar-refractivity contribution in [1.29, 1.82) is 0 Å². The Morgan fingerprint density at radius 2 is 1.94 bits per heavy atom. The lowest BCUT2D eigenvalue weighted by molar-refractivity contribution is -0.137. The monoisotopic (exact) mass is 415 g/mol. The summed E-state index contributed by atoms with van der Waals surface area (Å²) < 4.78 is 3.84. The third kappa shape index (κ3) is 3.11. The predicted molar refractivity (Wildman–Crippen MR) is 117 cm³/mol. The quantitative estimate of drug-likeness (QED) is 0.615. The largest absolute Gasteiger partial charge is 0.333 e. The molecule has 0 saturated carbocycles. The van der Waals surface area contributed by atoms with E-state index in [2.05, 4.69) is 11.1 Å². The first-order valence-corrected chi connectivity index (χ1v) is 11.0. The minimum absolute atomic E-state index is 0.0634. The van der Waals surface area contributed by atoms with Crippen molar-refractivity contribution in [2.24, 2.45) is 5.92 Å². The van der Waals surface area contributed by atoms with Gasteiger partial charge < -0.3 is 9.30 Å². The van der Waals surface area contributed by atoms with E-state index in [-0.39, 0.29) is 23.3 Å². The van der Waals surface area contributed by atoms with E-state index in [1.807, 2.05) is 58.0 Å². The minimum atomic E-state index is -0.427. The third-order valence-corrected chi connectivity index (χ3v) is 6.91. The second-order valence-corrected chi connectivity index (χ2v) is 8.90. The van der Waals surface area contributed by atoms with E-state index >= 15 is 0 Å². The smallest absolute Gasteiger partial charge is 0.251 e. The zero-order valence-electron chi connectivity index (χ0n) is 17.3. The van der Waals surface area contributed by atoms with Crippen LogP contribution in [0.1, 0.15) is 29.8 Å². The van der Waals surface area contributed by atoms with Crippen molar-refractivity contribution >= 4 is 11.6 Å². The van der Waals surface area contributed by atoms with Crippen LogP contribution in [0, 0.1) is 5.92 Å². The number of hydrogen-bond donors (Lipinski definition) is 0. The molecule has 6 rings (SSSR count). The summed E-state index contributed by atoms with van der Waals surface area (Å²) in [6, 6.07) is 11.0. The molecule has 158 valence electrons. The fraction of sp³-hybridized carbons (Fsp3) is 0.375. The molecule has 0 spiro atoms. The molecular weight excluding hydrogens is 390 g/mol. The Labute approximate surface area is 180 Å². The van der Waals surface area contributed by atoms with Gasteiger partial charge in [-0.05, 0) is 24.6 Å². The summed E-state index contributed by atoms with van der Waals surface area (Å²) in [6.45, 7) is 3.68. The van der Waals surface area contributed by atoms with Crippen molar-refractivity contribution in [3.8, 4) is 0 Å². The maximum Gasteiger partial charge on any atom is 0.251 e. The Morgan fingerprint density at radius 3 is 2.77 bits per heavy atom. The summed E-state index contributed by atoms with van der Waals surface area (Å²) in [6.07, 6.45) is 9.08. The summed E-state index contributed by atoms with van der Waals surface area (Å²) in [4.78, 5) is 35.4. The topological polar surface area (TPSA) is 62.9 Å². The van der Waals surface area contributed by atoms with Crippen LogP contribution in [0.15, 0.2) is 65.7 Å². The molecule has 0 radical (unpaired) electrons. The number of hydrogen-bond acceptors (Lipinski definition) is 4. The van der Waals surface area contributed by atoms with Gasteiger partial charge in [-0.25, -0.2) is 4.98 Å². The molecule has 1 amide bonds. The van der Waals surface area contributed by atoms with Crippen molar-refractivity contribution in [3.05, 3.63) is 82.7 Å². The van der Waals surface area contributed by atoms with E-state index in [1.165, 1.54) is 0 Å². The van der Waals surface area contributed by atoms with E-state index in [4.69, 9.17) is 4.98 Å². The van der Waals surface area contributed by atoms with Crippen LogP contribution < -0.4 is 5.56 Å². The second kappa shape index (κ2) is 7.20. The van der Waals surface area contributed by atoms with Crippen LogP contribution in [0.25, 0.3) is 5.65 Å². The SMILES string of the molecule is O=C([C@H]1[C@H]2C[C@H](CN(Cc3cn4ccccc4n3)C2)c2cccc(=O)n21)N1CC=CC1. The molecule has 31 heavy (non-hydrogen) atoms. The molecule has 3 aromatic heterocycles. The van der Waals surface area contributed by atoms with Crippen molar-refractivity contribution in [3.63, 3.8) is 0 Å². The molecule has 7 heteroatoms. The van der Waals surface area contributed by atoms with Crippen molar-refractivity contribution in [1.82, 2.24) is 23.8 Å². The van der Waals surface area contributed by atoms with Gasteiger partial charge in [-0.2, -0.15) is 0 Å². The lowest BCUT2D eigenvalue weighted by Gasteiger charge is -2.46. The van der Waals surface area contributed by atoms with Gasteiger partial charge in [0.2, 0.25) is 5.91 Å². The van der Waals surface area contributed by atoms with E-state index in [0.717, 1.165) is 43.1 Å². The van der Waals surface area contributed by atoms with E-state index in [9.17, 15) is 9.59 Å². The first-order valence-electron chi connectivity index (χ1n) is 11.0. The molecule has 0 aromatic carbocycles. The summed E-state index contributed by atoms with van der Waals surface area (Å²) in [5.74, 6) is 0.444. The van der Waals surface area contributed by atoms with Crippen LogP contribution in [0.2, 0.25) is 0 Å². The Morgan fingerprint density at radius 1 is 1.06 bits per heavy atom. The molecule has 3 atom stereocenters. The normalized spacial score (nSPS) is 25.2. The van der Waals surface area contributed by atoms with Gasteiger partial charge in [0, 0.05) is 68.7 Å². The molecule has 3 aliphatic rings. The maximum atomic E-state index is 13.5. The molecule has 0 unspecified atom stereocenters. The second-order valence-electron chi connectivity index (χ2n) is 8.90. The average Bonchev–Trinajstić information content (AvgIpc) is 3.44. The zero-order chi connectivity index (χ0) is 20.9. The lowest BCUT2D eigenvalue weighted by atomic mass is 9.78. The van der Waals surface area contributed by atoms with Gasteiger partial charge in [-0.15, -0.1) is 0 Å². The van der Waals surface area contributed by atoms with Crippen LogP contribution in [0.3, 0.4) is 0 Å². The Hall–Kier alpha value is -3.19. The van der Waals surface area contributed by atoms with E-state index < -0.39 is 6.04 Å². The molecule has 0 aliphatic carbocycles. The van der Waals surface area contributed by atoms with Crippen LogP contribution >= 0.6 is 0 Å². The third-order valence-electron chi connectivity index (χ3n) is 6.91. The van der Waals surface area contributed by atoms with Gasteiger partial charge in [-0.3, -0.25) is 19.1 Å². The molecule has 1 saturated heterocycles.